The summed E-state index contributed by atoms with van der Waals surface area (Å²) in [5.74, 6) is 0.539. The molecule has 4 heterocycles. The van der Waals surface area contributed by atoms with Crippen molar-refractivity contribution in [2.45, 2.75) is 32.6 Å². The third-order valence-electron chi connectivity index (χ3n) is 7.74. The second-order valence-electron chi connectivity index (χ2n) is 10.7. The second kappa shape index (κ2) is 14.5. The molecule has 236 valence electrons. The Kier molecular flexibility index (Phi) is 10.6. The number of ether oxygens (including phenoxy) is 2. The highest BCUT2D eigenvalue weighted by Gasteiger charge is 2.40. The van der Waals surface area contributed by atoms with Crippen LogP contribution in [0.4, 0.5) is 0 Å². The lowest BCUT2D eigenvalue weighted by Gasteiger charge is -2.24. The van der Waals surface area contributed by atoms with Gasteiger partial charge in [-0.05, 0) is 38.0 Å². The number of carbonyl (C=O) groups is 4. The smallest absolute Gasteiger partial charge is 0.290 e. The Hall–Kier alpha value is -4.88. The van der Waals surface area contributed by atoms with Crippen molar-refractivity contribution in [2.75, 3.05) is 46.4 Å². The number of hydrogen-bond donors (Lipinski definition) is 2. The van der Waals surface area contributed by atoms with Crippen LogP contribution in [0.1, 0.15) is 45.4 Å². The molecule has 2 atom stereocenters. The van der Waals surface area contributed by atoms with E-state index in [9.17, 15) is 14.4 Å². The van der Waals surface area contributed by atoms with Gasteiger partial charge in [-0.2, -0.15) is 5.10 Å². The Balaban J connectivity index is 0.00000141. The number of likely N-dealkylation sites (tertiary alicyclic amines) is 1. The zero-order valence-corrected chi connectivity index (χ0v) is 25.3. The average molecular weight is 611 g/mol. The molecule has 2 N–H and O–H groups in total. The molecule has 3 amide bonds. The molecule has 1 saturated heterocycles. The topological polar surface area (TPSA) is 169 Å². The third-order valence-corrected chi connectivity index (χ3v) is 7.74. The molecule has 1 fully saturated rings. The van der Waals surface area contributed by atoms with E-state index < -0.39 is 5.92 Å². The van der Waals surface area contributed by atoms with Gasteiger partial charge in [0.2, 0.25) is 11.8 Å². The fraction of sp³-hybridized carbons (Fsp3) is 0.467. The van der Waals surface area contributed by atoms with E-state index in [4.69, 9.17) is 23.9 Å². The Bertz CT molecular complexity index is 1480. The number of benzene rings is 1. The fourth-order valence-corrected chi connectivity index (χ4v) is 5.57. The molecule has 5 rings (SSSR count). The zero-order chi connectivity index (χ0) is 31.8. The molecule has 3 aromatic rings. The van der Waals surface area contributed by atoms with E-state index in [0.29, 0.717) is 56.4 Å². The van der Waals surface area contributed by atoms with Crippen LogP contribution in [0, 0.1) is 19.8 Å². The average Bonchev–Trinajstić information content (AvgIpc) is 3.72. The van der Waals surface area contributed by atoms with Gasteiger partial charge in [-0.15, -0.1) is 0 Å². The summed E-state index contributed by atoms with van der Waals surface area (Å²) in [7, 11) is 3.40. The summed E-state index contributed by atoms with van der Waals surface area (Å²) in [5, 5.41) is 18.1. The molecule has 2 aliphatic heterocycles. The van der Waals surface area contributed by atoms with Crippen molar-refractivity contribution in [2.24, 2.45) is 13.0 Å². The highest BCUT2D eigenvalue weighted by atomic mass is 16.5. The van der Waals surface area contributed by atoms with Gasteiger partial charge in [-0.3, -0.25) is 23.9 Å². The number of aryl methyl sites for hydroxylation is 3. The maximum Gasteiger partial charge on any atom is 0.290 e. The van der Waals surface area contributed by atoms with E-state index in [2.05, 4.69) is 15.6 Å². The minimum absolute atomic E-state index is 0.0402. The Labute approximate surface area is 254 Å². The number of methoxy groups -OCH3 is 1. The maximum absolute atomic E-state index is 13.5. The predicted octanol–water partition coefficient (Wildman–Crippen LogP) is 1.56. The monoisotopic (exact) mass is 610 g/mol. The van der Waals surface area contributed by atoms with Crippen LogP contribution in [0.2, 0.25) is 0 Å². The van der Waals surface area contributed by atoms with Crippen LogP contribution < -0.4 is 14.8 Å². The van der Waals surface area contributed by atoms with Crippen LogP contribution in [0.3, 0.4) is 0 Å². The molecule has 2 aromatic heterocycles. The van der Waals surface area contributed by atoms with E-state index in [1.807, 2.05) is 38.4 Å². The molecule has 14 heteroatoms. The number of fused-ring (bicyclic) bond motifs is 4. The first-order valence-electron chi connectivity index (χ1n) is 14.3. The Morgan fingerprint density at radius 1 is 1.16 bits per heavy atom. The van der Waals surface area contributed by atoms with Crippen LogP contribution in [0.25, 0.3) is 0 Å². The SMILES string of the molecule is COc1ccc2cc1OCCN(C(=O)c1cc(C)on1)CCCNC(=O)[C@H]1CN(C(=O)Cc3cn(C)nc3C)C[C@H]21.O=CO. The van der Waals surface area contributed by atoms with Crippen LogP contribution in [-0.2, 0) is 27.9 Å². The molecule has 0 saturated carbocycles. The van der Waals surface area contributed by atoms with Crippen LogP contribution in [0.15, 0.2) is 35.0 Å². The summed E-state index contributed by atoms with van der Waals surface area (Å²) in [4.78, 5) is 51.7. The van der Waals surface area contributed by atoms with Gasteiger partial charge in [0.1, 0.15) is 12.4 Å². The number of amides is 3. The Morgan fingerprint density at radius 3 is 2.57 bits per heavy atom. The van der Waals surface area contributed by atoms with Gasteiger partial charge < -0.3 is 34.2 Å². The van der Waals surface area contributed by atoms with Crippen molar-refractivity contribution in [1.82, 2.24) is 30.1 Å². The number of nitrogens with one attached hydrogen (secondary N) is 1. The molecular weight excluding hydrogens is 572 g/mol. The molecule has 2 aliphatic rings. The molecule has 0 spiro atoms. The lowest BCUT2D eigenvalue weighted by atomic mass is 9.88. The fourth-order valence-electron chi connectivity index (χ4n) is 5.57. The van der Waals surface area contributed by atoms with Crippen molar-refractivity contribution < 1.29 is 38.3 Å². The van der Waals surface area contributed by atoms with Gasteiger partial charge in [0.25, 0.3) is 12.4 Å². The van der Waals surface area contributed by atoms with Crippen molar-refractivity contribution in [3.05, 3.63) is 58.7 Å². The van der Waals surface area contributed by atoms with Gasteiger partial charge in [0, 0.05) is 57.0 Å². The van der Waals surface area contributed by atoms with Gasteiger partial charge in [-0.25, -0.2) is 0 Å². The molecule has 2 bridgehead atoms. The summed E-state index contributed by atoms with van der Waals surface area (Å²) in [5.41, 5.74) is 2.81. The zero-order valence-electron chi connectivity index (χ0n) is 25.3. The standard InChI is InChI=1S/C29H36N6O6.CH2O2/c1-18-12-24(32-41-18)29(38)34-9-5-8-30-28(37)23-17-35(27(36)14-21-15-33(3)31-19(21)2)16-22(23)20-6-7-25(39-4)26(13-20)40-11-10-34;2-1-3/h6-7,12-13,15,22-23H,5,8-11,14,16-17H2,1-4H3,(H,30,37);1H,(H,2,3)/t22-,23+;/m1./s1. The van der Waals surface area contributed by atoms with Gasteiger partial charge in [0.15, 0.2) is 17.2 Å². The normalized spacial score (nSPS) is 18.6. The van der Waals surface area contributed by atoms with Crippen molar-refractivity contribution in [3.63, 3.8) is 0 Å². The quantitative estimate of drug-likeness (QED) is 0.414. The van der Waals surface area contributed by atoms with Crippen LogP contribution in [-0.4, -0.2) is 100 Å². The summed E-state index contributed by atoms with van der Waals surface area (Å²) < 4.78 is 18.4. The van der Waals surface area contributed by atoms with Crippen LogP contribution in [0.5, 0.6) is 11.5 Å². The molecular formula is C30H38N6O8. The summed E-state index contributed by atoms with van der Waals surface area (Å²) in [6, 6.07) is 7.22. The number of hydrogen-bond acceptors (Lipinski definition) is 9. The molecule has 0 unspecified atom stereocenters. The van der Waals surface area contributed by atoms with Crippen LogP contribution >= 0.6 is 0 Å². The summed E-state index contributed by atoms with van der Waals surface area (Å²) >= 11 is 0. The maximum atomic E-state index is 13.5. The minimum atomic E-state index is -0.436. The number of nitrogens with zero attached hydrogens (tertiary/aromatic N) is 5. The highest BCUT2D eigenvalue weighted by molar-refractivity contribution is 5.92. The van der Waals surface area contributed by atoms with Crippen molar-refractivity contribution in [3.8, 4) is 11.5 Å². The van der Waals surface area contributed by atoms with Gasteiger partial charge >= 0.3 is 0 Å². The van der Waals surface area contributed by atoms with E-state index in [1.165, 1.54) is 0 Å². The number of carboxylic acid groups (broad SMARTS) is 1. The number of carbonyl (C=O) groups excluding carboxylic acids is 3. The molecule has 1 aromatic carbocycles. The molecule has 0 radical (unpaired) electrons. The molecule has 44 heavy (non-hydrogen) atoms. The van der Waals surface area contributed by atoms with E-state index in [1.54, 1.807) is 34.6 Å². The first-order valence-corrected chi connectivity index (χ1v) is 14.3. The van der Waals surface area contributed by atoms with Gasteiger partial charge in [-0.1, -0.05) is 11.2 Å². The molecule has 14 nitrogen and oxygen atoms in total. The summed E-state index contributed by atoms with van der Waals surface area (Å²) in [6.07, 6.45) is 2.63. The predicted molar refractivity (Wildman–Crippen MR) is 156 cm³/mol. The summed E-state index contributed by atoms with van der Waals surface area (Å²) in [6.45, 7) is 5.43. The van der Waals surface area contributed by atoms with Crippen molar-refractivity contribution >= 4 is 24.2 Å². The first kappa shape index (κ1) is 32.0. The number of rotatable bonds is 4. The largest absolute Gasteiger partial charge is 0.493 e. The number of aromatic nitrogens is 3. The van der Waals surface area contributed by atoms with E-state index >= 15 is 0 Å². The lowest BCUT2D eigenvalue weighted by molar-refractivity contribution is -0.130. The second-order valence-corrected chi connectivity index (χ2v) is 10.7. The molecule has 0 aliphatic carbocycles. The lowest BCUT2D eigenvalue weighted by Crippen LogP contribution is -2.39. The first-order chi connectivity index (χ1) is 21.1. The highest BCUT2D eigenvalue weighted by Crippen LogP contribution is 2.38. The minimum Gasteiger partial charge on any atom is -0.493 e. The Morgan fingerprint density at radius 2 is 1.91 bits per heavy atom. The van der Waals surface area contributed by atoms with Crippen molar-refractivity contribution in [1.29, 1.82) is 0 Å². The third kappa shape index (κ3) is 7.54. The van der Waals surface area contributed by atoms with Gasteiger partial charge in [0.05, 0.1) is 31.7 Å². The van der Waals surface area contributed by atoms with E-state index in [-0.39, 0.29) is 48.8 Å². The van der Waals surface area contributed by atoms with E-state index in [0.717, 1.165) is 16.8 Å².